The van der Waals surface area contributed by atoms with Gasteiger partial charge in [0.05, 0.1) is 0 Å². The number of allylic oxidation sites excluding steroid dienone is 1. The summed E-state index contributed by atoms with van der Waals surface area (Å²) >= 11 is 0. The van der Waals surface area contributed by atoms with Crippen LogP contribution in [0.15, 0.2) is 11.6 Å². The lowest BCUT2D eigenvalue weighted by Crippen LogP contribution is -2.51. The maximum Gasteiger partial charge on any atom is 0.302 e. The predicted molar refractivity (Wildman–Crippen MR) is 101 cm³/mol. The van der Waals surface area contributed by atoms with E-state index in [2.05, 4.69) is 19.9 Å². The molecule has 4 aliphatic rings. The second-order valence-electron chi connectivity index (χ2n) is 10.0. The van der Waals surface area contributed by atoms with E-state index in [1.165, 1.54) is 26.2 Å². The minimum Gasteiger partial charge on any atom is -0.462 e. The average molecular weight is 359 g/mol. The van der Waals surface area contributed by atoms with Crippen molar-refractivity contribution in [3.05, 3.63) is 11.6 Å². The lowest BCUT2D eigenvalue weighted by molar-refractivity contribution is -0.149. The van der Waals surface area contributed by atoms with E-state index in [-0.39, 0.29) is 28.8 Å². The monoisotopic (exact) mass is 358 g/mol. The number of fused-ring (bicyclic) bond motifs is 5. The fraction of sp³-hybridized carbons (Fsp3) is 0.826. The van der Waals surface area contributed by atoms with E-state index in [1.54, 1.807) is 12.5 Å². The lowest BCUT2D eigenvalue weighted by atomic mass is 9.47. The Morgan fingerprint density at radius 2 is 1.81 bits per heavy atom. The Kier molecular flexibility index (Phi) is 4.36. The normalized spacial score (nSPS) is 47.2. The molecular formula is C23H34O3. The molecule has 3 saturated carbocycles. The molecule has 0 aromatic heterocycles. The molecule has 3 nitrogen and oxygen atoms in total. The van der Waals surface area contributed by atoms with E-state index in [4.69, 9.17) is 4.74 Å². The third kappa shape index (κ3) is 2.60. The Morgan fingerprint density at radius 3 is 2.50 bits per heavy atom. The van der Waals surface area contributed by atoms with Crippen LogP contribution in [0.5, 0.6) is 0 Å². The Hall–Kier alpha value is -1.12. The molecule has 0 spiro atoms. The summed E-state index contributed by atoms with van der Waals surface area (Å²) in [5.41, 5.74) is 2.04. The number of Topliss-reactive ketones (excluding diaryl/α,β-unsaturated/α-hetero) is 1. The molecule has 4 rings (SSSR count). The van der Waals surface area contributed by atoms with Gasteiger partial charge >= 0.3 is 5.97 Å². The highest BCUT2D eigenvalue weighted by Gasteiger charge is 2.59. The summed E-state index contributed by atoms with van der Waals surface area (Å²) in [7, 11) is 0. The zero-order valence-electron chi connectivity index (χ0n) is 16.8. The first-order valence-electron chi connectivity index (χ1n) is 10.6. The van der Waals surface area contributed by atoms with Crippen molar-refractivity contribution >= 4 is 11.8 Å². The highest BCUT2D eigenvalue weighted by Crippen LogP contribution is 2.66. The lowest BCUT2D eigenvalue weighted by Gasteiger charge is -2.58. The zero-order chi connectivity index (χ0) is 18.7. The Balaban J connectivity index is 1.59. The van der Waals surface area contributed by atoms with Crippen molar-refractivity contribution < 1.29 is 14.3 Å². The molecule has 4 unspecified atom stereocenters. The number of carbonyl (C=O) groups excluding carboxylic acids is 2. The Labute approximate surface area is 157 Å². The minimum absolute atomic E-state index is 0.0748. The van der Waals surface area contributed by atoms with Crippen LogP contribution in [0.3, 0.4) is 0 Å². The molecule has 3 heteroatoms. The first kappa shape index (κ1) is 18.3. The topological polar surface area (TPSA) is 43.4 Å². The molecule has 0 amide bonds. The largest absolute Gasteiger partial charge is 0.462 e. The van der Waals surface area contributed by atoms with E-state index >= 15 is 0 Å². The van der Waals surface area contributed by atoms with Gasteiger partial charge in [-0.1, -0.05) is 25.5 Å². The van der Waals surface area contributed by atoms with E-state index in [9.17, 15) is 9.59 Å². The molecule has 0 bridgehead atoms. The molecule has 4 aliphatic carbocycles. The fourth-order valence-electron chi connectivity index (χ4n) is 7.63. The van der Waals surface area contributed by atoms with Crippen LogP contribution < -0.4 is 0 Å². The molecule has 0 radical (unpaired) electrons. The summed E-state index contributed by atoms with van der Waals surface area (Å²) in [6.45, 7) is 8.21. The molecular weight excluding hydrogens is 324 g/mol. The van der Waals surface area contributed by atoms with Gasteiger partial charge in [0, 0.05) is 19.3 Å². The first-order chi connectivity index (χ1) is 12.3. The van der Waals surface area contributed by atoms with E-state index in [0.29, 0.717) is 11.7 Å². The second kappa shape index (κ2) is 6.21. The summed E-state index contributed by atoms with van der Waals surface area (Å²) in [6.07, 6.45) is 11.6. The van der Waals surface area contributed by atoms with Crippen LogP contribution in [0, 0.1) is 34.5 Å². The third-order valence-electron chi connectivity index (χ3n) is 8.88. The van der Waals surface area contributed by atoms with Gasteiger partial charge in [-0.15, -0.1) is 0 Å². The molecule has 0 aliphatic heterocycles. The van der Waals surface area contributed by atoms with Crippen molar-refractivity contribution in [2.45, 2.75) is 85.2 Å². The smallest absolute Gasteiger partial charge is 0.302 e. The van der Waals surface area contributed by atoms with E-state index in [1.807, 2.05) is 0 Å². The summed E-state index contributed by atoms with van der Waals surface area (Å²) in [4.78, 5) is 23.6. The van der Waals surface area contributed by atoms with Crippen LogP contribution in [0.1, 0.15) is 79.1 Å². The van der Waals surface area contributed by atoms with Crippen molar-refractivity contribution in [2.75, 3.05) is 0 Å². The predicted octanol–water partition coefficient (Wildman–Crippen LogP) is 5.09. The van der Waals surface area contributed by atoms with Crippen LogP contribution in [-0.4, -0.2) is 17.9 Å². The molecule has 3 fully saturated rings. The Morgan fingerprint density at radius 1 is 1.04 bits per heavy atom. The minimum atomic E-state index is -0.150. The van der Waals surface area contributed by atoms with Gasteiger partial charge in [0.2, 0.25) is 0 Å². The number of carbonyl (C=O) groups is 2. The molecule has 0 aromatic rings. The molecule has 0 N–H and O–H groups in total. The van der Waals surface area contributed by atoms with Crippen LogP contribution in [0.2, 0.25) is 0 Å². The van der Waals surface area contributed by atoms with Gasteiger partial charge in [-0.2, -0.15) is 0 Å². The molecule has 0 heterocycles. The summed E-state index contributed by atoms with van der Waals surface area (Å²) in [5.74, 6) is 2.72. The van der Waals surface area contributed by atoms with Crippen LogP contribution in [0.25, 0.3) is 0 Å². The van der Waals surface area contributed by atoms with Gasteiger partial charge in [-0.25, -0.2) is 0 Å². The number of ether oxygens (including phenoxy) is 1. The third-order valence-corrected chi connectivity index (χ3v) is 8.88. The number of hydrogen-bond acceptors (Lipinski definition) is 3. The quantitative estimate of drug-likeness (QED) is 0.510. The van der Waals surface area contributed by atoms with Crippen molar-refractivity contribution in [1.82, 2.24) is 0 Å². The number of esters is 1. The highest BCUT2D eigenvalue weighted by atomic mass is 16.5. The first-order valence-corrected chi connectivity index (χ1v) is 10.6. The standard InChI is InChI=1S/C23H34O3/c1-14(24)19-7-8-20-18-6-5-16-13-17(26-15(2)25)9-11-22(16,3)21(18)10-12-23(19,20)4/h5,17-21H,6-13H2,1-4H3/t17-,18?,19?,20?,21?,22+,23-/m1/s1. The zero-order valence-corrected chi connectivity index (χ0v) is 16.8. The van der Waals surface area contributed by atoms with Gasteiger partial charge in [0.1, 0.15) is 11.9 Å². The second-order valence-corrected chi connectivity index (χ2v) is 10.0. The van der Waals surface area contributed by atoms with E-state index in [0.717, 1.165) is 43.9 Å². The van der Waals surface area contributed by atoms with Gasteiger partial charge in [0.25, 0.3) is 0 Å². The SMILES string of the molecule is CC(=O)O[C@@H]1CC[C@@]2(C)C(=CCC3C4CCC(C(C)=O)[C@@]4(C)CCC32)C1. The maximum absolute atomic E-state index is 12.2. The molecule has 0 aromatic carbocycles. The summed E-state index contributed by atoms with van der Waals surface area (Å²) in [5, 5.41) is 0. The molecule has 0 saturated heterocycles. The summed E-state index contributed by atoms with van der Waals surface area (Å²) in [6, 6.07) is 0. The number of rotatable bonds is 2. The van der Waals surface area contributed by atoms with Crippen LogP contribution >= 0.6 is 0 Å². The fourth-order valence-corrected chi connectivity index (χ4v) is 7.63. The van der Waals surface area contributed by atoms with Crippen molar-refractivity contribution in [3.8, 4) is 0 Å². The van der Waals surface area contributed by atoms with Crippen LogP contribution in [0.4, 0.5) is 0 Å². The summed E-state index contributed by atoms with van der Waals surface area (Å²) < 4.78 is 5.53. The average Bonchev–Trinajstić information content (AvgIpc) is 2.92. The molecule has 7 atom stereocenters. The maximum atomic E-state index is 12.2. The van der Waals surface area contributed by atoms with Gasteiger partial charge < -0.3 is 4.74 Å². The van der Waals surface area contributed by atoms with Crippen molar-refractivity contribution in [2.24, 2.45) is 34.5 Å². The van der Waals surface area contributed by atoms with Gasteiger partial charge in [-0.05, 0) is 80.5 Å². The Bertz CT molecular complexity index is 650. The molecule has 144 valence electrons. The number of hydrogen-bond donors (Lipinski definition) is 0. The number of ketones is 1. The van der Waals surface area contributed by atoms with Crippen molar-refractivity contribution in [1.29, 1.82) is 0 Å². The molecule has 26 heavy (non-hydrogen) atoms. The van der Waals surface area contributed by atoms with Crippen LogP contribution in [-0.2, 0) is 14.3 Å². The van der Waals surface area contributed by atoms with Crippen molar-refractivity contribution in [3.63, 3.8) is 0 Å². The van der Waals surface area contributed by atoms with E-state index < -0.39 is 0 Å². The highest BCUT2D eigenvalue weighted by molar-refractivity contribution is 5.79. The van der Waals surface area contributed by atoms with Gasteiger partial charge in [0.15, 0.2) is 0 Å². The van der Waals surface area contributed by atoms with Gasteiger partial charge in [-0.3, -0.25) is 9.59 Å².